The molecule has 0 spiro atoms. The fraction of sp³-hybridized carbons (Fsp3) is 0.500. The first-order valence-corrected chi connectivity index (χ1v) is 8.14. The Bertz CT molecular complexity index is 718. The van der Waals surface area contributed by atoms with E-state index in [1.54, 1.807) is 0 Å². The van der Waals surface area contributed by atoms with Crippen molar-refractivity contribution in [2.45, 2.75) is 25.2 Å². The first-order valence-electron chi connectivity index (χ1n) is 6.70. The van der Waals surface area contributed by atoms with Crippen LogP contribution in [0.25, 0.3) is 0 Å². The minimum Gasteiger partial charge on any atom is -0.494 e. The third-order valence-electron chi connectivity index (χ3n) is 4.09. The van der Waals surface area contributed by atoms with Gasteiger partial charge in [0.25, 0.3) is 0 Å². The molecule has 1 saturated heterocycles. The van der Waals surface area contributed by atoms with Crippen LogP contribution >= 0.6 is 0 Å². The third-order valence-corrected chi connectivity index (χ3v) is 6.08. The molecule has 0 aromatic heterocycles. The van der Waals surface area contributed by atoms with Crippen LogP contribution < -0.4 is 4.74 Å². The molecule has 1 aliphatic heterocycles. The van der Waals surface area contributed by atoms with Crippen molar-refractivity contribution in [2.75, 3.05) is 20.2 Å². The summed E-state index contributed by atoms with van der Waals surface area (Å²) in [5.41, 5.74) is -1.16. The number of carboxylic acid groups (broad SMARTS) is 1. The number of nitrogens with zero attached hydrogens (tertiary/aromatic N) is 1. The predicted octanol–water partition coefficient (Wildman–Crippen LogP) is 1.63. The fourth-order valence-corrected chi connectivity index (χ4v) is 4.30. The van der Waals surface area contributed by atoms with Crippen LogP contribution in [0.5, 0.6) is 5.75 Å². The second-order valence-corrected chi connectivity index (χ2v) is 7.57. The summed E-state index contributed by atoms with van der Waals surface area (Å²) in [7, 11) is -2.65. The molecule has 1 aliphatic rings. The van der Waals surface area contributed by atoms with Crippen molar-refractivity contribution in [2.24, 2.45) is 5.41 Å². The van der Waals surface area contributed by atoms with E-state index in [1.165, 1.54) is 33.1 Å². The second-order valence-electron chi connectivity index (χ2n) is 5.66. The Labute approximate surface area is 128 Å². The summed E-state index contributed by atoms with van der Waals surface area (Å²) < 4.78 is 45.3. The second kappa shape index (κ2) is 5.51. The lowest BCUT2D eigenvalue weighted by molar-refractivity contribution is -0.146. The molecule has 0 amide bonds. The van der Waals surface area contributed by atoms with Gasteiger partial charge in [-0.05, 0) is 32.4 Å². The van der Waals surface area contributed by atoms with Gasteiger partial charge in [0.05, 0.1) is 17.4 Å². The lowest BCUT2D eigenvalue weighted by atomic mass is 9.90. The summed E-state index contributed by atoms with van der Waals surface area (Å²) >= 11 is 0. The van der Waals surface area contributed by atoms with E-state index in [0.717, 1.165) is 4.31 Å². The minimum atomic E-state index is -3.95. The van der Waals surface area contributed by atoms with Crippen molar-refractivity contribution >= 4 is 16.0 Å². The van der Waals surface area contributed by atoms with Crippen molar-refractivity contribution in [1.82, 2.24) is 4.31 Å². The van der Waals surface area contributed by atoms with Crippen LogP contribution in [0.4, 0.5) is 4.39 Å². The molecule has 122 valence electrons. The van der Waals surface area contributed by atoms with Gasteiger partial charge in [-0.1, -0.05) is 0 Å². The average molecular weight is 331 g/mol. The smallest absolute Gasteiger partial charge is 0.310 e. The number of carboxylic acids is 1. The van der Waals surface area contributed by atoms with Crippen LogP contribution in [0.1, 0.15) is 18.9 Å². The van der Waals surface area contributed by atoms with Crippen LogP contribution in [0.2, 0.25) is 0 Å². The normalized spacial score (nSPS) is 22.7. The number of rotatable bonds is 4. The Balaban J connectivity index is 2.41. The molecule has 22 heavy (non-hydrogen) atoms. The van der Waals surface area contributed by atoms with Gasteiger partial charge in [-0.25, -0.2) is 12.8 Å². The molecule has 1 aromatic rings. The first-order chi connectivity index (χ1) is 10.1. The van der Waals surface area contributed by atoms with Gasteiger partial charge in [0.15, 0.2) is 11.6 Å². The van der Waals surface area contributed by atoms with E-state index in [2.05, 4.69) is 0 Å². The van der Waals surface area contributed by atoms with E-state index in [4.69, 9.17) is 4.74 Å². The molecule has 1 atom stereocenters. The number of hydrogen-bond acceptors (Lipinski definition) is 4. The van der Waals surface area contributed by atoms with Gasteiger partial charge in [0, 0.05) is 18.7 Å². The number of sulfonamides is 1. The summed E-state index contributed by atoms with van der Waals surface area (Å²) in [6, 6.07) is 2.53. The van der Waals surface area contributed by atoms with Gasteiger partial charge in [-0.3, -0.25) is 4.79 Å². The van der Waals surface area contributed by atoms with Gasteiger partial charge >= 0.3 is 5.97 Å². The SMILES string of the molecule is COc1ccc(S(=O)(=O)N2CCC(C)(C(=O)O)C2)c(C)c1F. The molecule has 1 aromatic carbocycles. The molecule has 1 unspecified atom stereocenters. The van der Waals surface area contributed by atoms with Crippen molar-refractivity contribution in [3.8, 4) is 5.75 Å². The van der Waals surface area contributed by atoms with E-state index < -0.39 is 27.2 Å². The first kappa shape index (κ1) is 16.7. The Morgan fingerprint density at radius 1 is 1.45 bits per heavy atom. The summed E-state index contributed by atoms with van der Waals surface area (Å²) in [4.78, 5) is 11.1. The molecular formula is C14H18FNO5S. The summed E-state index contributed by atoms with van der Waals surface area (Å²) in [5, 5.41) is 9.20. The highest BCUT2D eigenvalue weighted by molar-refractivity contribution is 7.89. The number of benzene rings is 1. The Morgan fingerprint density at radius 2 is 2.09 bits per heavy atom. The molecule has 8 heteroatoms. The van der Waals surface area contributed by atoms with Crippen LogP contribution in [0.3, 0.4) is 0 Å². The molecule has 0 bridgehead atoms. The summed E-state index contributed by atoms with van der Waals surface area (Å²) in [6.07, 6.45) is 0.221. The number of aliphatic carboxylic acids is 1. The molecule has 2 rings (SSSR count). The number of ether oxygens (including phenoxy) is 1. The van der Waals surface area contributed by atoms with E-state index in [9.17, 15) is 22.7 Å². The van der Waals surface area contributed by atoms with Crippen LogP contribution in [0, 0.1) is 18.2 Å². The van der Waals surface area contributed by atoms with Gasteiger partial charge in [0.1, 0.15) is 0 Å². The van der Waals surface area contributed by atoms with Gasteiger partial charge in [0.2, 0.25) is 10.0 Å². The molecule has 1 N–H and O–H groups in total. The maximum atomic E-state index is 14.1. The summed E-state index contributed by atoms with van der Waals surface area (Å²) in [5.74, 6) is -1.81. The largest absolute Gasteiger partial charge is 0.494 e. The molecule has 0 radical (unpaired) electrons. The highest BCUT2D eigenvalue weighted by Crippen LogP contribution is 2.35. The zero-order valence-electron chi connectivity index (χ0n) is 12.6. The number of hydrogen-bond donors (Lipinski definition) is 1. The Hall–Kier alpha value is -1.67. The van der Waals surface area contributed by atoms with Gasteiger partial charge < -0.3 is 9.84 Å². The van der Waals surface area contributed by atoms with Gasteiger partial charge in [-0.2, -0.15) is 4.31 Å². The number of halogens is 1. The van der Waals surface area contributed by atoms with E-state index >= 15 is 0 Å². The van der Waals surface area contributed by atoms with Crippen molar-refractivity contribution in [1.29, 1.82) is 0 Å². The van der Waals surface area contributed by atoms with Crippen LogP contribution in [-0.4, -0.2) is 44.0 Å². The topological polar surface area (TPSA) is 83.9 Å². The number of methoxy groups -OCH3 is 1. The molecular weight excluding hydrogens is 313 g/mol. The zero-order valence-corrected chi connectivity index (χ0v) is 13.4. The van der Waals surface area contributed by atoms with E-state index in [1.807, 2.05) is 0 Å². The third kappa shape index (κ3) is 2.56. The highest BCUT2D eigenvalue weighted by atomic mass is 32.2. The fourth-order valence-electron chi connectivity index (χ4n) is 2.52. The Morgan fingerprint density at radius 3 is 2.59 bits per heavy atom. The quantitative estimate of drug-likeness (QED) is 0.906. The van der Waals surface area contributed by atoms with Crippen molar-refractivity contribution in [3.05, 3.63) is 23.5 Å². The van der Waals surface area contributed by atoms with Gasteiger partial charge in [-0.15, -0.1) is 0 Å². The number of carbonyl (C=O) groups is 1. The maximum Gasteiger partial charge on any atom is 0.310 e. The van der Waals surface area contributed by atoms with Crippen LogP contribution in [0.15, 0.2) is 17.0 Å². The van der Waals surface area contributed by atoms with Crippen molar-refractivity contribution < 1.29 is 27.4 Å². The lowest BCUT2D eigenvalue weighted by Gasteiger charge is -2.21. The maximum absolute atomic E-state index is 14.1. The summed E-state index contributed by atoms with van der Waals surface area (Å²) in [6.45, 7) is 2.83. The van der Waals surface area contributed by atoms with E-state index in [0.29, 0.717) is 0 Å². The van der Waals surface area contributed by atoms with E-state index in [-0.39, 0.29) is 35.7 Å². The molecule has 0 saturated carbocycles. The highest BCUT2D eigenvalue weighted by Gasteiger charge is 2.45. The average Bonchev–Trinajstić information content (AvgIpc) is 2.86. The molecule has 6 nitrogen and oxygen atoms in total. The van der Waals surface area contributed by atoms with Crippen LogP contribution in [-0.2, 0) is 14.8 Å². The molecule has 1 fully saturated rings. The standard InChI is InChI=1S/C14H18FNO5S/c1-9-11(5-4-10(21-3)12(9)15)22(19,20)16-7-6-14(2,8-16)13(17)18/h4-5H,6-8H2,1-3H3,(H,17,18). The lowest BCUT2D eigenvalue weighted by Crippen LogP contribution is -2.35. The predicted molar refractivity (Wildman–Crippen MR) is 76.8 cm³/mol. The minimum absolute atomic E-state index is 0.0340. The molecule has 1 heterocycles. The monoisotopic (exact) mass is 331 g/mol. The van der Waals surface area contributed by atoms with Crippen molar-refractivity contribution in [3.63, 3.8) is 0 Å². The molecule has 0 aliphatic carbocycles. The zero-order chi connectivity index (χ0) is 16.7. The Kier molecular flexibility index (Phi) is 4.18.